The van der Waals surface area contributed by atoms with Crippen LogP contribution in [-0.2, 0) is 11.2 Å². The Morgan fingerprint density at radius 2 is 2.04 bits per heavy atom. The maximum Gasteiger partial charge on any atom is 0.224 e. The predicted molar refractivity (Wildman–Crippen MR) is 101 cm³/mol. The minimum absolute atomic E-state index is 0.129. The lowest BCUT2D eigenvalue weighted by molar-refractivity contribution is -0.131. The first-order chi connectivity index (χ1) is 12.2. The van der Waals surface area contributed by atoms with E-state index in [1.807, 2.05) is 35.2 Å². The Labute approximate surface area is 152 Å². The first-order valence-electron chi connectivity index (χ1n) is 8.83. The number of hydrogen-bond donors (Lipinski definition) is 1. The SMILES string of the molecule is CCc1nsc(N2CCCN(C(=O)CC(N)c3ccccc3)CC2)n1. The van der Waals surface area contributed by atoms with Crippen LogP contribution >= 0.6 is 11.5 Å². The van der Waals surface area contributed by atoms with Crippen LogP contribution in [0.3, 0.4) is 0 Å². The molecule has 25 heavy (non-hydrogen) atoms. The molecule has 2 N–H and O–H groups in total. The summed E-state index contributed by atoms with van der Waals surface area (Å²) in [6.45, 7) is 5.25. The molecule has 0 bridgehead atoms. The van der Waals surface area contributed by atoms with Gasteiger partial charge in [0.05, 0.1) is 0 Å². The van der Waals surface area contributed by atoms with Gasteiger partial charge in [-0.3, -0.25) is 4.79 Å². The van der Waals surface area contributed by atoms with Crippen molar-refractivity contribution in [1.29, 1.82) is 0 Å². The third-order valence-electron chi connectivity index (χ3n) is 4.51. The second-order valence-electron chi connectivity index (χ2n) is 6.29. The fraction of sp³-hybridized carbons (Fsp3) is 0.500. The Balaban J connectivity index is 1.56. The minimum Gasteiger partial charge on any atom is -0.345 e. The summed E-state index contributed by atoms with van der Waals surface area (Å²) in [5.41, 5.74) is 7.21. The Morgan fingerprint density at radius 1 is 1.24 bits per heavy atom. The van der Waals surface area contributed by atoms with Gasteiger partial charge in [-0.2, -0.15) is 4.37 Å². The van der Waals surface area contributed by atoms with Crippen molar-refractivity contribution in [3.05, 3.63) is 41.7 Å². The van der Waals surface area contributed by atoms with Gasteiger partial charge in [0, 0.05) is 56.6 Å². The molecule has 2 heterocycles. The third-order valence-corrected chi connectivity index (χ3v) is 5.33. The number of anilines is 1. The number of hydrogen-bond acceptors (Lipinski definition) is 6. The molecule has 2 aromatic rings. The summed E-state index contributed by atoms with van der Waals surface area (Å²) in [6.07, 6.45) is 2.14. The van der Waals surface area contributed by atoms with Crippen molar-refractivity contribution < 1.29 is 4.79 Å². The maximum atomic E-state index is 12.6. The first kappa shape index (κ1) is 17.8. The van der Waals surface area contributed by atoms with Gasteiger partial charge in [0.1, 0.15) is 5.82 Å². The van der Waals surface area contributed by atoms with E-state index in [1.165, 1.54) is 11.5 Å². The predicted octanol–water partition coefficient (Wildman–Crippen LogP) is 2.23. The fourth-order valence-electron chi connectivity index (χ4n) is 3.01. The molecule has 1 aliphatic rings. The average molecular weight is 359 g/mol. The lowest BCUT2D eigenvalue weighted by Gasteiger charge is -2.23. The van der Waals surface area contributed by atoms with Gasteiger partial charge in [0.2, 0.25) is 11.0 Å². The molecule has 0 aliphatic carbocycles. The van der Waals surface area contributed by atoms with Gasteiger partial charge >= 0.3 is 0 Å². The van der Waals surface area contributed by atoms with Crippen molar-refractivity contribution in [2.45, 2.75) is 32.2 Å². The number of aryl methyl sites for hydroxylation is 1. The van der Waals surface area contributed by atoms with Gasteiger partial charge in [-0.15, -0.1) is 0 Å². The zero-order chi connectivity index (χ0) is 17.6. The molecular formula is C18H25N5OS. The van der Waals surface area contributed by atoms with Crippen molar-refractivity contribution in [3.8, 4) is 0 Å². The monoisotopic (exact) mass is 359 g/mol. The lowest BCUT2D eigenvalue weighted by atomic mass is 10.0. The summed E-state index contributed by atoms with van der Waals surface area (Å²) in [5, 5.41) is 0.965. The van der Waals surface area contributed by atoms with E-state index < -0.39 is 0 Å². The fourth-order valence-corrected chi connectivity index (χ4v) is 3.81. The molecule has 6 nitrogen and oxygen atoms in total. The second kappa shape index (κ2) is 8.40. The van der Waals surface area contributed by atoms with Gasteiger partial charge in [-0.05, 0) is 12.0 Å². The summed E-state index contributed by atoms with van der Waals surface area (Å²) in [5.74, 6) is 1.02. The smallest absolute Gasteiger partial charge is 0.224 e. The number of aromatic nitrogens is 2. The molecule has 134 valence electrons. The van der Waals surface area contributed by atoms with Crippen molar-refractivity contribution in [1.82, 2.24) is 14.3 Å². The summed E-state index contributed by atoms with van der Waals surface area (Å²) >= 11 is 1.45. The summed E-state index contributed by atoms with van der Waals surface area (Å²) in [4.78, 5) is 21.4. The molecule has 0 spiro atoms. The molecule has 1 atom stereocenters. The highest BCUT2D eigenvalue weighted by molar-refractivity contribution is 7.09. The minimum atomic E-state index is -0.247. The topological polar surface area (TPSA) is 75.4 Å². The van der Waals surface area contributed by atoms with Crippen LogP contribution in [0.15, 0.2) is 30.3 Å². The number of benzene rings is 1. The standard InChI is InChI=1S/C18H25N5OS/c1-2-16-20-18(25-21-16)23-10-6-9-22(11-12-23)17(24)13-15(19)14-7-4-3-5-8-14/h3-5,7-8,15H,2,6,9-13,19H2,1H3. The maximum absolute atomic E-state index is 12.6. The van der Waals surface area contributed by atoms with Crippen LogP contribution in [0.5, 0.6) is 0 Å². The molecule has 1 saturated heterocycles. The molecular weight excluding hydrogens is 334 g/mol. The van der Waals surface area contributed by atoms with E-state index in [0.29, 0.717) is 13.0 Å². The second-order valence-corrected chi connectivity index (χ2v) is 7.02. The van der Waals surface area contributed by atoms with Gasteiger partial charge in [-0.25, -0.2) is 4.98 Å². The quantitative estimate of drug-likeness (QED) is 0.886. The van der Waals surface area contributed by atoms with Crippen molar-refractivity contribution >= 4 is 22.6 Å². The van der Waals surface area contributed by atoms with Crippen LogP contribution in [-0.4, -0.2) is 46.3 Å². The normalized spacial score (nSPS) is 16.6. The Bertz CT molecular complexity index is 690. The van der Waals surface area contributed by atoms with Crippen molar-refractivity contribution in [2.24, 2.45) is 5.73 Å². The van der Waals surface area contributed by atoms with Gasteiger partial charge < -0.3 is 15.5 Å². The summed E-state index contributed by atoms with van der Waals surface area (Å²) < 4.78 is 4.36. The van der Waals surface area contributed by atoms with Gasteiger partial charge in [-0.1, -0.05) is 37.3 Å². The Morgan fingerprint density at radius 3 is 2.76 bits per heavy atom. The first-order valence-corrected chi connectivity index (χ1v) is 9.60. The van der Waals surface area contributed by atoms with E-state index in [1.54, 1.807) is 0 Å². The van der Waals surface area contributed by atoms with E-state index in [9.17, 15) is 4.79 Å². The number of carbonyl (C=O) groups excluding carboxylic acids is 1. The molecule has 7 heteroatoms. The van der Waals surface area contributed by atoms with E-state index in [-0.39, 0.29) is 11.9 Å². The van der Waals surface area contributed by atoms with Crippen molar-refractivity contribution in [3.63, 3.8) is 0 Å². The highest BCUT2D eigenvalue weighted by Gasteiger charge is 2.22. The lowest BCUT2D eigenvalue weighted by Crippen LogP contribution is -2.36. The van der Waals surface area contributed by atoms with Crippen LogP contribution in [0.4, 0.5) is 5.13 Å². The average Bonchev–Trinajstić information content (AvgIpc) is 2.99. The number of nitrogens with zero attached hydrogens (tertiary/aromatic N) is 4. The van der Waals surface area contributed by atoms with Crippen LogP contribution in [0.1, 0.15) is 37.2 Å². The van der Waals surface area contributed by atoms with E-state index in [0.717, 1.165) is 49.0 Å². The zero-order valence-corrected chi connectivity index (χ0v) is 15.4. The van der Waals surface area contributed by atoms with Gasteiger partial charge in [0.25, 0.3) is 0 Å². The number of amides is 1. The molecule has 1 aromatic carbocycles. The summed E-state index contributed by atoms with van der Waals surface area (Å²) in [6, 6.07) is 9.57. The van der Waals surface area contributed by atoms with E-state index in [4.69, 9.17) is 5.73 Å². The molecule has 1 fully saturated rings. The largest absolute Gasteiger partial charge is 0.345 e. The molecule has 3 rings (SSSR count). The van der Waals surface area contributed by atoms with E-state index >= 15 is 0 Å². The number of rotatable bonds is 5. The molecule has 1 amide bonds. The van der Waals surface area contributed by atoms with E-state index in [2.05, 4.69) is 21.2 Å². The zero-order valence-electron chi connectivity index (χ0n) is 14.6. The molecule has 1 unspecified atom stereocenters. The highest BCUT2D eigenvalue weighted by atomic mass is 32.1. The van der Waals surface area contributed by atoms with Gasteiger partial charge in [0.15, 0.2) is 0 Å². The summed E-state index contributed by atoms with van der Waals surface area (Å²) in [7, 11) is 0. The number of carbonyl (C=O) groups is 1. The van der Waals surface area contributed by atoms with Crippen molar-refractivity contribution in [2.75, 3.05) is 31.1 Å². The number of nitrogens with two attached hydrogens (primary N) is 1. The molecule has 0 saturated carbocycles. The Kier molecular flexibility index (Phi) is 5.99. The van der Waals surface area contributed by atoms with Crippen LogP contribution < -0.4 is 10.6 Å². The molecule has 0 radical (unpaired) electrons. The highest BCUT2D eigenvalue weighted by Crippen LogP contribution is 2.20. The molecule has 1 aromatic heterocycles. The third kappa shape index (κ3) is 4.55. The Hall–Kier alpha value is -1.99. The van der Waals surface area contributed by atoms with Crippen LogP contribution in [0.25, 0.3) is 0 Å². The molecule has 1 aliphatic heterocycles. The van der Waals surface area contributed by atoms with Crippen LogP contribution in [0.2, 0.25) is 0 Å². The van der Waals surface area contributed by atoms with Crippen LogP contribution in [0, 0.1) is 0 Å².